The highest BCUT2D eigenvalue weighted by molar-refractivity contribution is 5.95. The lowest BCUT2D eigenvalue weighted by Gasteiger charge is -2.09. The molecular formula is C18H20N2O4. The molecule has 126 valence electrons. The number of phenolic OH excluding ortho intramolecular Hbond substituents is 1. The lowest BCUT2D eigenvalue weighted by Crippen LogP contribution is -2.17. The minimum atomic E-state index is -0.333. The third-order valence-corrected chi connectivity index (χ3v) is 3.07. The number of carbonyl (C=O) groups is 1. The third kappa shape index (κ3) is 4.74. The van der Waals surface area contributed by atoms with E-state index in [9.17, 15) is 9.90 Å². The Morgan fingerprint density at radius 1 is 1.21 bits per heavy atom. The van der Waals surface area contributed by atoms with Crippen LogP contribution in [-0.2, 0) is 0 Å². The molecule has 2 rings (SSSR count). The van der Waals surface area contributed by atoms with Gasteiger partial charge in [-0.3, -0.25) is 4.79 Å². The molecule has 6 heteroatoms. The Morgan fingerprint density at radius 2 is 1.92 bits per heavy atom. The van der Waals surface area contributed by atoms with E-state index in [1.54, 1.807) is 36.4 Å². The summed E-state index contributed by atoms with van der Waals surface area (Å²) in [4.78, 5) is 12.0. The summed E-state index contributed by atoms with van der Waals surface area (Å²) in [5.41, 5.74) is 3.54. The molecule has 0 radical (unpaired) electrons. The first-order valence-electron chi connectivity index (χ1n) is 7.46. The molecule has 0 spiro atoms. The van der Waals surface area contributed by atoms with Crippen LogP contribution in [0.15, 0.2) is 47.6 Å². The molecule has 0 unspecified atom stereocenters. The SMILES string of the molecule is COc1ccc(/C=N\NC(=O)c2ccc(OC(C)C)cc2)cc1O. The van der Waals surface area contributed by atoms with Gasteiger partial charge in [0.05, 0.1) is 19.4 Å². The van der Waals surface area contributed by atoms with Gasteiger partial charge in [0.25, 0.3) is 5.91 Å². The zero-order valence-electron chi connectivity index (χ0n) is 13.8. The molecule has 0 bridgehead atoms. The lowest BCUT2D eigenvalue weighted by atomic mass is 10.2. The summed E-state index contributed by atoms with van der Waals surface area (Å²) in [6, 6.07) is 11.6. The van der Waals surface area contributed by atoms with Gasteiger partial charge < -0.3 is 14.6 Å². The van der Waals surface area contributed by atoms with Crippen LogP contribution in [0.3, 0.4) is 0 Å². The molecule has 2 aromatic carbocycles. The summed E-state index contributed by atoms with van der Waals surface area (Å²) < 4.78 is 10.5. The number of phenols is 1. The molecule has 2 aromatic rings. The van der Waals surface area contributed by atoms with Gasteiger partial charge in [-0.2, -0.15) is 5.10 Å². The molecule has 2 N–H and O–H groups in total. The molecule has 1 amide bonds. The maximum atomic E-state index is 12.0. The van der Waals surface area contributed by atoms with E-state index in [4.69, 9.17) is 9.47 Å². The van der Waals surface area contributed by atoms with Crippen molar-refractivity contribution in [2.24, 2.45) is 5.10 Å². The van der Waals surface area contributed by atoms with Gasteiger partial charge in [-0.1, -0.05) is 0 Å². The van der Waals surface area contributed by atoms with E-state index in [0.29, 0.717) is 22.6 Å². The average molecular weight is 328 g/mol. The van der Waals surface area contributed by atoms with Crippen molar-refractivity contribution in [3.05, 3.63) is 53.6 Å². The highest BCUT2D eigenvalue weighted by Crippen LogP contribution is 2.25. The Morgan fingerprint density at radius 3 is 2.50 bits per heavy atom. The first-order valence-corrected chi connectivity index (χ1v) is 7.46. The molecule has 24 heavy (non-hydrogen) atoms. The van der Waals surface area contributed by atoms with Crippen molar-refractivity contribution < 1.29 is 19.4 Å². The van der Waals surface area contributed by atoms with Gasteiger partial charge in [-0.15, -0.1) is 0 Å². The largest absolute Gasteiger partial charge is 0.504 e. The summed E-state index contributed by atoms with van der Waals surface area (Å²) in [5, 5.41) is 13.6. The topological polar surface area (TPSA) is 80.2 Å². The van der Waals surface area contributed by atoms with Crippen LogP contribution in [0.2, 0.25) is 0 Å². The fourth-order valence-corrected chi connectivity index (χ4v) is 1.97. The predicted molar refractivity (Wildman–Crippen MR) is 91.9 cm³/mol. The standard InChI is InChI=1S/C18H20N2O4/c1-12(2)24-15-7-5-14(6-8-15)18(22)20-19-11-13-4-9-17(23-3)16(21)10-13/h4-12,21H,1-3H3,(H,20,22)/b19-11-. The summed E-state index contributed by atoms with van der Waals surface area (Å²) >= 11 is 0. The summed E-state index contributed by atoms with van der Waals surface area (Å²) in [7, 11) is 1.47. The minimum Gasteiger partial charge on any atom is -0.504 e. The maximum Gasteiger partial charge on any atom is 0.271 e. The smallest absolute Gasteiger partial charge is 0.271 e. The van der Waals surface area contributed by atoms with Crippen LogP contribution in [0.5, 0.6) is 17.2 Å². The number of hydrazone groups is 1. The number of nitrogens with zero attached hydrogens (tertiary/aromatic N) is 1. The molecule has 0 fully saturated rings. The first-order chi connectivity index (χ1) is 11.5. The van der Waals surface area contributed by atoms with Crippen LogP contribution >= 0.6 is 0 Å². The van der Waals surface area contributed by atoms with Crippen molar-refractivity contribution in [2.75, 3.05) is 7.11 Å². The zero-order chi connectivity index (χ0) is 17.5. The normalized spacial score (nSPS) is 10.8. The van der Waals surface area contributed by atoms with Gasteiger partial charge in [-0.25, -0.2) is 5.43 Å². The highest BCUT2D eigenvalue weighted by atomic mass is 16.5. The predicted octanol–water partition coefficient (Wildman–Crippen LogP) is 2.95. The molecule has 0 aromatic heterocycles. The van der Waals surface area contributed by atoms with Crippen LogP contribution in [0.25, 0.3) is 0 Å². The number of hydrogen-bond donors (Lipinski definition) is 2. The number of rotatable bonds is 6. The van der Waals surface area contributed by atoms with Gasteiger partial charge >= 0.3 is 0 Å². The van der Waals surface area contributed by atoms with E-state index in [-0.39, 0.29) is 17.8 Å². The van der Waals surface area contributed by atoms with Crippen LogP contribution in [0.1, 0.15) is 29.8 Å². The number of methoxy groups -OCH3 is 1. The molecule has 0 saturated heterocycles. The van der Waals surface area contributed by atoms with Crippen molar-refractivity contribution in [3.63, 3.8) is 0 Å². The number of benzene rings is 2. The first kappa shape index (κ1) is 17.3. The summed E-state index contributed by atoms with van der Waals surface area (Å²) in [6.45, 7) is 3.87. The molecule has 0 aliphatic carbocycles. The van der Waals surface area contributed by atoms with E-state index in [2.05, 4.69) is 10.5 Å². The van der Waals surface area contributed by atoms with Crippen LogP contribution in [0.4, 0.5) is 0 Å². The second kappa shape index (κ2) is 8.01. The van der Waals surface area contributed by atoms with Crippen LogP contribution in [-0.4, -0.2) is 30.4 Å². The van der Waals surface area contributed by atoms with Crippen molar-refractivity contribution >= 4 is 12.1 Å². The Hall–Kier alpha value is -3.02. The number of amides is 1. The van der Waals surface area contributed by atoms with E-state index in [0.717, 1.165) is 0 Å². The average Bonchev–Trinajstić information content (AvgIpc) is 2.55. The molecule has 0 atom stereocenters. The Labute approximate surface area is 140 Å². The summed E-state index contributed by atoms with van der Waals surface area (Å²) in [5.74, 6) is 0.757. The lowest BCUT2D eigenvalue weighted by molar-refractivity contribution is 0.0955. The second-order valence-electron chi connectivity index (χ2n) is 5.32. The number of hydrogen-bond acceptors (Lipinski definition) is 5. The minimum absolute atomic E-state index is 0.00789. The highest BCUT2D eigenvalue weighted by Gasteiger charge is 2.05. The van der Waals surface area contributed by atoms with Gasteiger partial charge in [-0.05, 0) is 61.9 Å². The number of carbonyl (C=O) groups excluding carboxylic acids is 1. The number of ether oxygens (including phenoxy) is 2. The number of nitrogens with one attached hydrogen (secondary N) is 1. The molecule has 0 heterocycles. The molecular weight excluding hydrogens is 308 g/mol. The van der Waals surface area contributed by atoms with E-state index in [1.165, 1.54) is 19.4 Å². The quantitative estimate of drug-likeness (QED) is 0.631. The summed E-state index contributed by atoms with van der Waals surface area (Å²) in [6.07, 6.45) is 1.52. The Bertz CT molecular complexity index is 724. The van der Waals surface area contributed by atoms with Crippen molar-refractivity contribution in [3.8, 4) is 17.2 Å². The van der Waals surface area contributed by atoms with Crippen LogP contribution in [0, 0.1) is 0 Å². The fraction of sp³-hybridized carbons (Fsp3) is 0.222. The fourth-order valence-electron chi connectivity index (χ4n) is 1.97. The van der Waals surface area contributed by atoms with E-state index in [1.807, 2.05) is 13.8 Å². The third-order valence-electron chi connectivity index (χ3n) is 3.07. The van der Waals surface area contributed by atoms with Gasteiger partial charge in [0, 0.05) is 5.56 Å². The molecule has 6 nitrogen and oxygen atoms in total. The monoisotopic (exact) mass is 328 g/mol. The zero-order valence-corrected chi connectivity index (χ0v) is 13.8. The second-order valence-corrected chi connectivity index (χ2v) is 5.32. The molecule has 0 aliphatic rings. The maximum absolute atomic E-state index is 12.0. The van der Waals surface area contributed by atoms with Gasteiger partial charge in [0.15, 0.2) is 11.5 Å². The van der Waals surface area contributed by atoms with Gasteiger partial charge in [0.2, 0.25) is 0 Å². The Kier molecular flexibility index (Phi) is 5.78. The number of aromatic hydroxyl groups is 1. The van der Waals surface area contributed by atoms with E-state index < -0.39 is 0 Å². The van der Waals surface area contributed by atoms with Gasteiger partial charge in [0.1, 0.15) is 5.75 Å². The van der Waals surface area contributed by atoms with Crippen molar-refractivity contribution in [1.82, 2.24) is 5.43 Å². The van der Waals surface area contributed by atoms with Crippen molar-refractivity contribution in [2.45, 2.75) is 20.0 Å². The molecule has 0 aliphatic heterocycles. The molecule has 0 saturated carbocycles. The van der Waals surface area contributed by atoms with Crippen LogP contribution < -0.4 is 14.9 Å². The van der Waals surface area contributed by atoms with E-state index >= 15 is 0 Å². The Balaban J connectivity index is 1.96. The van der Waals surface area contributed by atoms with Crippen molar-refractivity contribution in [1.29, 1.82) is 0 Å².